The lowest BCUT2D eigenvalue weighted by Gasteiger charge is -2.19. The van der Waals surface area contributed by atoms with Crippen LogP contribution in [0.5, 0.6) is 0 Å². The molecular formula is C20H25N3O4S. The molecule has 3 rings (SSSR count). The molecule has 1 aromatic heterocycles. The van der Waals surface area contributed by atoms with Crippen LogP contribution in [0, 0.1) is 0 Å². The number of methoxy groups -OCH3 is 1. The van der Waals surface area contributed by atoms with Crippen LogP contribution in [0.3, 0.4) is 0 Å². The Morgan fingerprint density at radius 1 is 1.29 bits per heavy atom. The lowest BCUT2D eigenvalue weighted by atomic mass is 10.1. The van der Waals surface area contributed by atoms with Crippen LogP contribution in [-0.4, -0.2) is 50.7 Å². The second-order valence-corrected chi connectivity index (χ2v) is 9.23. The summed E-state index contributed by atoms with van der Waals surface area (Å²) in [6.07, 6.45) is 1.59. The molecule has 1 aliphatic rings. The summed E-state index contributed by atoms with van der Waals surface area (Å²) in [6, 6.07) is 8.03. The predicted molar refractivity (Wildman–Crippen MR) is 106 cm³/mol. The summed E-state index contributed by atoms with van der Waals surface area (Å²) in [5, 5.41) is 2.96. The van der Waals surface area contributed by atoms with Crippen LogP contribution in [0.1, 0.15) is 40.1 Å². The van der Waals surface area contributed by atoms with Crippen molar-refractivity contribution in [3.05, 3.63) is 58.9 Å². The van der Waals surface area contributed by atoms with E-state index in [1.165, 1.54) is 0 Å². The van der Waals surface area contributed by atoms with E-state index in [-0.39, 0.29) is 23.2 Å². The molecule has 0 aliphatic carbocycles. The van der Waals surface area contributed by atoms with Crippen molar-refractivity contribution in [3.63, 3.8) is 0 Å². The summed E-state index contributed by atoms with van der Waals surface area (Å²) >= 11 is 0. The van der Waals surface area contributed by atoms with E-state index in [2.05, 4.69) is 15.2 Å². The van der Waals surface area contributed by atoms with Crippen LogP contribution in [0.4, 0.5) is 0 Å². The first-order valence-electron chi connectivity index (χ1n) is 9.13. The number of ether oxygens (including phenoxy) is 1. The molecule has 1 aliphatic heterocycles. The number of amides is 1. The predicted octanol–water partition coefficient (Wildman–Crippen LogP) is 1.94. The summed E-state index contributed by atoms with van der Waals surface area (Å²) in [7, 11) is 0.310. The highest BCUT2D eigenvalue weighted by Crippen LogP contribution is 2.21. The van der Waals surface area contributed by atoms with E-state index in [0.29, 0.717) is 5.56 Å². The molecule has 0 saturated heterocycles. The average molecular weight is 404 g/mol. The molecule has 1 N–H and O–H groups in total. The number of rotatable bonds is 7. The number of hydrogen-bond acceptors (Lipinski definition) is 6. The van der Waals surface area contributed by atoms with Crippen LogP contribution >= 0.6 is 0 Å². The number of carbonyl (C=O) groups excluding carboxylic acids is 1. The Morgan fingerprint density at radius 3 is 2.64 bits per heavy atom. The van der Waals surface area contributed by atoms with Gasteiger partial charge in [0, 0.05) is 26.4 Å². The normalized spacial score (nSPS) is 15.2. The second kappa shape index (κ2) is 8.38. The van der Waals surface area contributed by atoms with Crippen molar-refractivity contribution in [2.75, 3.05) is 26.5 Å². The van der Waals surface area contributed by atoms with Gasteiger partial charge >= 0.3 is 0 Å². The number of benzene rings is 1. The summed E-state index contributed by atoms with van der Waals surface area (Å²) in [5.74, 6) is -0.192. The quantitative estimate of drug-likeness (QED) is 0.760. The van der Waals surface area contributed by atoms with Crippen LogP contribution in [-0.2, 0) is 27.7 Å². The van der Waals surface area contributed by atoms with Gasteiger partial charge in [0.15, 0.2) is 9.84 Å². The second-order valence-electron chi connectivity index (χ2n) is 6.96. The fourth-order valence-corrected chi connectivity index (χ4v) is 4.13. The molecular weight excluding hydrogens is 378 g/mol. The number of pyridine rings is 1. The minimum absolute atomic E-state index is 0.0467. The van der Waals surface area contributed by atoms with Crippen LogP contribution < -0.4 is 5.32 Å². The molecule has 2 heterocycles. The standard InChI is InChI=1S/C20H25N3O4S/c1-4-28(25,26)17-7-5-14(6-8-17)19(13-27-3)22-20(24)15-9-16-11-23(2)12-18(16)21-10-15/h5-10,19H,4,11-13H2,1-3H3,(H,22,24)/t19-/m0/s1. The van der Waals surface area contributed by atoms with E-state index in [4.69, 9.17) is 4.74 Å². The van der Waals surface area contributed by atoms with E-state index >= 15 is 0 Å². The molecule has 1 amide bonds. The van der Waals surface area contributed by atoms with Crippen molar-refractivity contribution in [1.82, 2.24) is 15.2 Å². The number of nitrogens with zero attached hydrogens (tertiary/aromatic N) is 2. The number of hydrogen-bond donors (Lipinski definition) is 1. The lowest BCUT2D eigenvalue weighted by molar-refractivity contribution is 0.0896. The molecule has 28 heavy (non-hydrogen) atoms. The van der Waals surface area contributed by atoms with Gasteiger partial charge in [0.1, 0.15) is 0 Å². The largest absolute Gasteiger partial charge is 0.382 e. The number of nitrogens with one attached hydrogen (secondary N) is 1. The molecule has 1 atom stereocenters. The van der Waals surface area contributed by atoms with Crippen molar-refractivity contribution in [3.8, 4) is 0 Å². The Kier molecular flexibility index (Phi) is 6.12. The molecule has 7 nitrogen and oxygen atoms in total. The molecule has 150 valence electrons. The molecule has 1 aromatic carbocycles. The topological polar surface area (TPSA) is 88.6 Å². The highest BCUT2D eigenvalue weighted by atomic mass is 32.2. The fourth-order valence-electron chi connectivity index (χ4n) is 3.25. The van der Waals surface area contributed by atoms with Gasteiger partial charge in [-0.05, 0) is 36.4 Å². The van der Waals surface area contributed by atoms with Crippen molar-refractivity contribution in [2.24, 2.45) is 0 Å². The van der Waals surface area contributed by atoms with Crippen LogP contribution in [0.2, 0.25) is 0 Å². The highest BCUT2D eigenvalue weighted by molar-refractivity contribution is 7.91. The third kappa shape index (κ3) is 4.40. The van der Waals surface area contributed by atoms with Crippen LogP contribution in [0.15, 0.2) is 41.4 Å². The number of sulfone groups is 1. The first kappa shape index (κ1) is 20.4. The molecule has 0 saturated carbocycles. The van der Waals surface area contributed by atoms with Gasteiger partial charge < -0.3 is 10.1 Å². The third-order valence-corrected chi connectivity index (χ3v) is 6.59. The van der Waals surface area contributed by atoms with Crippen LogP contribution in [0.25, 0.3) is 0 Å². The molecule has 2 aromatic rings. The molecule has 0 bridgehead atoms. The monoisotopic (exact) mass is 403 g/mol. The van der Waals surface area contributed by atoms with Crippen molar-refractivity contribution in [1.29, 1.82) is 0 Å². The zero-order valence-electron chi connectivity index (χ0n) is 16.3. The smallest absolute Gasteiger partial charge is 0.253 e. The van der Waals surface area contributed by atoms with E-state index in [1.54, 1.807) is 44.5 Å². The van der Waals surface area contributed by atoms with E-state index in [9.17, 15) is 13.2 Å². The molecule has 8 heteroatoms. The fraction of sp³-hybridized carbons (Fsp3) is 0.400. The SMILES string of the molecule is CCS(=O)(=O)c1ccc([C@H](COC)NC(=O)c2cnc3c(c2)CN(C)C3)cc1. The maximum absolute atomic E-state index is 12.7. The maximum atomic E-state index is 12.7. The van der Waals surface area contributed by atoms with Crippen molar-refractivity contribution < 1.29 is 17.9 Å². The van der Waals surface area contributed by atoms with E-state index in [1.807, 2.05) is 13.1 Å². The van der Waals surface area contributed by atoms with E-state index in [0.717, 1.165) is 29.9 Å². The number of aromatic nitrogens is 1. The summed E-state index contributed by atoms with van der Waals surface area (Å²) in [5.41, 5.74) is 3.34. The minimum atomic E-state index is -3.26. The Hall–Kier alpha value is -2.29. The summed E-state index contributed by atoms with van der Waals surface area (Å²) < 4.78 is 29.2. The average Bonchev–Trinajstić information content (AvgIpc) is 3.06. The summed E-state index contributed by atoms with van der Waals surface area (Å²) in [6.45, 7) is 3.45. The van der Waals surface area contributed by atoms with Gasteiger partial charge in [0.05, 0.1) is 34.6 Å². The van der Waals surface area contributed by atoms with Gasteiger partial charge in [-0.25, -0.2) is 8.42 Å². The molecule has 0 unspecified atom stereocenters. The van der Waals surface area contributed by atoms with Gasteiger partial charge in [-0.15, -0.1) is 0 Å². The van der Waals surface area contributed by atoms with Gasteiger partial charge in [-0.3, -0.25) is 14.7 Å². The van der Waals surface area contributed by atoms with Gasteiger partial charge in [0.25, 0.3) is 5.91 Å². The first-order valence-corrected chi connectivity index (χ1v) is 10.8. The Labute approximate surface area is 165 Å². The number of carbonyl (C=O) groups is 1. The zero-order chi connectivity index (χ0) is 20.3. The van der Waals surface area contributed by atoms with E-state index < -0.39 is 15.9 Å². The molecule has 0 spiro atoms. The van der Waals surface area contributed by atoms with Gasteiger partial charge in [0.2, 0.25) is 0 Å². The Morgan fingerprint density at radius 2 is 2.00 bits per heavy atom. The first-order chi connectivity index (χ1) is 13.3. The van der Waals surface area contributed by atoms with Gasteiger partial charge in [-0.2, -0.15) is 0 Å². The van der Waals surface area contributed by atoms with Crippen molar-refractivity contribution in [2.45, 2.75) is 31.0 Å². The van der Waals surface area contributed by atoms with Gasteiger partial charge in [-0.1, -0.05) is 19.1 Å². The molecule has 0 fully saturated rings. The molecule has 0 radical (unpaired) electrons. The Bertz CT molecular complexity index is 958. The zero-order valence-corrected chi connectivity index (χ0v) is 17.1. The maximum Gasteiger partial charge on any atom is 0.253 e. The third-order valence-electron chi connectivity index (χ3n) is 4.84. The lowest BCUT2D eigenvalue weighted by Crippen LogP contribution is -2.31. The Balaban J connectivity index is 1.78. The summed E-state index contributed by atoms with van der Waals surface area (Å²) in [4.78, 5) is 19.6. The number of fused-ring (bicyclic) bond motifs is 1. The minimum Gasteiger partial charge on any atom is -0.382 e. The highest BCUT2D eigenvalue weighted by Gasteiger charge is 2.21. The van der Waals surface area contributed by atoms with Crippen molar-refractivity contribution >= 4 is 15.7 Å².